The molecular formula is C15H19N5O3. The third kappa shape index (κ3) is 4.06. The molecule has 0 saturated heterocycles. The summed E-state index contributed by atoms with van der Waals surface area (Å²) >= 11 is 0. The zero-order valence-electron chi connectivity index (χ0n) is 13.5. The Balaban J connectivity index is 2.03. The van der Waals surface area contributed by atoms with Crippen molar-refractivity contribution in [2.45, 2.75) is 19.9 Å². The number of nitrogens with zero attached hydrogens (tertiary/aromatic N) is 3. The summed E-state index contributed by atoms with van der Waals surface area (Å²) < 4.78 is 4.87. The predicted octanol–water partition coefficient (Wildman–Crippen LogP) is 1.20. The van der Waals surface area contributed by atoms with E-state index >= 15 is 0 Å². The van der Waals surface area contributed by atoms with Gasteiger partial charge in [-0.2, -0.15) is 0 Å². The van der Waals surface area contributed by atoms with E-state index in [0.29, 0.717) is 23.0 Å². The minimum absolute atomic E-state index is 0.309. The number of carbonyl (C=O) groups excluding carboxylic acids is 2. The van der Waals surface area contributed by atoms with Crippen LogP contribution >= 0.6 is 0 Å². The number of rotatable bonds is 5. The van der Waals surface area contributed by atoms with Crippen LogP contribution in [-0.2, 0) is 4.79 Å². The Morgan fingerprint density at radius 2 is 2.09 bits per heavy atom. The van der Waals surface area contributed by atoms with Crippen molar-refractivity contribution in [2.75, 3.05) is 24.3 Å². The molecule has 0 aliphatic heterocycles. The van der Waals surface area contributed by atoms with E-state index < -0.39 is 6.04 Å². The number of hydrogen-bond donors (Lipinski definition) is 2. The van der Waals surface area contributed by atoms with Crippen molar-refractivity contribution in [2.24, 2.45) is 0 Å². The molecular weight excluding hydrogens is 298 g/mol. The summed E-state index contributed by atoms with van der Waals surface area (Å²) in [4.78, 5) is 30.3. The first-order valence-electron chi connectivity index (χ1n) is 7.06. The first-order chi connectivity index (χ1) is 10.9. The van der Waals surface area contributed by atoms with E-state index in [1.165, 1.54) is 0 Å². The van der Waals surface area contributed by atoms with Gasteiger partial charge < -0.3 is 20.1 Å². The highest BCUT2D eigenvalue weighted by atomic mass is 16.5. The van der Waals surface area contributed by atoms with E-state index in [4.69, 9.17) is 4.52 Å². The molecule has 0 bridgehead atoms. The number of pyridine rings is 1. The fraction of sp³-hybridized carbons (Fsp3) is 0.333. The summed E-state index contributed by atoms with van der Waals surface area (Å²) in [6.45, 7) is 3.31. The van der Waals surface area contributed by atoms with Gasteiger partial charge in [0.1, 0.15) is 17.6 Å². The lowest BCUT2D eigenvalue weighted by atomic mass is 10.2. The number of hydrogen-bond acceptors (Lipinski definition) is 6. The molecule has 2 amide bonds. The fourth-order valence-corrected chi connectivity index (χ4v) is 1.93. The summed E-state index contributed by atoms with van der Waals surface area (Å²) in [5.41, 5.74) is 0.398. The Bertz CT molecular complexity index is 711. The molecule has 0 fully saturated rings. The number of amides is 2. The van der Waals surface area contributed by atoms with E-state index in [2.05, 4.69) is 20.8 Å². The Kier molecular flexibility index (Phi) is 4.95. The molecule has 0 spiro atoms. The van der Waals surface area contributed by atoms with Crippen molar-refractivity contribution >= 4 is 23.5 Å². The van der Waals surface area contributed by atoms with Crippen LogP contribution in [0, 0.1) is 6.92 Å². The molecule has 2 aromatic rings. The second kappa shape index (κ2) is 6.91. The molecule has 0 radical (unpaired) electrons. The smallest absolute Gasteiger partial charge is 0.255 e. The van der Waals surface area contributed by atoms with E-state index in [1.807, 2.05) is 0 Å². The van der Waals surface area contributed by atoms with Crippen molar-refractivity contribution in [3.05, 3.63) is 35.7 Å². The molecule has 0 unspecified atom stereocenters. The lowest BCUT2D eigenvalue weighted by Crippen LogP contribution is -2.42. The highest BCUT2D eigenvalue weighted by Crippen LogP contribution is 2.14. The van der Waals surface area contributed by atoms with Crippen LogP contribution in [0.5, 0.6) is 0 Å². The third-order valence-corrected chi connectivity index (χ3v) is 3.08. The number of carbonyl (C=O) groups is 2. The zero-order valence-corrected chi connectivity index (χ0v) is 13.5. The highest BCUT2D eigenvalue weighted by molar-refractivity contribution is 6.03. The highest BCUT2D eigenvalue weighted by Gasteiger charge is 2.20. The molecule has 122 valence electrons. The fourth-order valence-electron chi connectivity index (χ4n) is 1.93. The van der Waals surface area contributed by atoms with Crippen molar-refractivity contribution in [1.82, 2.24) is 15.5 Å². The number of aromatic nitrogens is 2. The first-order valence-corrected chi connectivity index (χ1v) is 7.06. The predicted molar refractivity (Wildman–Crippen MR) is 85.4 cm³/mol. The molecule has 2 N–H and O–H groups in total. The van der Waals surface area contributed by atoms with Crippen LogP contribution in [0.3, 0.4) is 0 Å². The second-order valence-corrected chi connectivity index (χ2v) is 5.28. The lowest BCUT2D eigenvalue weighted by molar-refractivity contribution is -0.117. The number of nitrogens with one attached hydrogen (secondary N) is 2. The minimum Gasteiger partial charge on any atom is -0.362 e. The Hall–Kier alpha value is -2.90. The van der Waals surface area contributed by atoms with Crippen LogP contribution in [0.4, 0.5) is 11.6 Å². The first kappa shape index (κ1) is 16.5. The molecule has 0 aliphatic carbocycles. The van der Waals surface area contributed by atoms with Crippen LogP contribution in [0.25, 0.3) is 0 Å². The lowest BCUT2D eigenvalue weighted by Gasteiger charge is -2.17. The normalized spacial score (nSPS) is 11.7. The van der Waals surface area contributed by atoms with Crippen molar-refractivity contribution in [3.8, 4) is 0 Å². The average molecular weight is 317 g/mol. The van der Waals surface area contributed by atoms with Gasteiger partial charge in [-0.05, 0) is 26.0 Å². The van der Waals surface area contributed by atoms with Gasteiger partial charge in [-0.1, -0.05) is 5.16 Å². The third-order valence-electron chi connectivity index (χ3n) is 3.08. The summed E-state index contributed by atoms with van der Waals surface area (Å²) in [6.07, 6.45) is 1.61. The van der Waals surface area contributed by atoms with Gasteiger partial charge in [-0.25, -0.2) is 4.98 Å². The van der Waals surface area contributed by atoms with Gasteiger partial charge >= 0.3 is 0 Å². The Labute approximate surface area is 133 Å². The topological polar surface area (TPSA) is 100 Å². The van der Waals surface area contributed by atoms with E-state index in [0.717, 1.165) is 0 Å². The molecule has 0 aromatic carbocycles. The van der Waals surface area contributed by atoms with E-state index in [-0.39, 0.29) is 11.8 Å². The van der Waals surface area contributed by atoms with E-state index in [1.54, 1.807) is 57.2 Å². The van der Waals surface area contributed by atoms with Gasteiger partial charge in [-0.3, -0.25) is 9.59 Å². The van der Waals surface area contributed by atoms with Crippen LogP contribution < -0.4 is 15.5 Å². The monoisotopic (exact) mass is 317 g/mol. The molecule has 8 nitrogen and oxygen atoms in total. The van der Waals surface area contributed by atoms with Crippen LogP contribution in [-0.4, -0.2) is 42.1 Å². The van der Waals surface area contributed by atoms with Crippen LogP contribution in [0.15, 0.2) is 28.9 Å². The molecule has 2 heterocycles. The molecule has 2 aromatic heterocycles. The maximum Gasteiger partial charge on any atom is 0.255 e. The summed E-state index contributed by atoms with van der Waals surface area (Å²) in [6, 6.07) is 4.18. The molecule has 2 rings (SSSR count). The summed E-state index contributed by atoms with van der Waals surface area (Å²) in [5.74, 6) is 0.666. The molecule has 1 atom stereocenters. The Morgan fingerprint density at radius 3 is 2.70 bits per heavy atom. The Morgan fingerprint density at radius 1 is 1.35 bits per heavy atom. The maximum atomic E-state index is 12.3. The number of anilines is 2. The summed E-state index contributed by atoms with van der Waals surface area (Å²) in [7, 11) is 3.59. The molecule has 0 saturated carbocycles. The molecule has 23 heavy (non-hydrogen) atoms. The standard InChI is InChI=1S/C15H19N5O3/c1-9-8-12(19-23-9)18-14(21)10(2)17-15(22)11-6-5-7-16-13(11)20(3)4/h5-8,10H,1-4H3,(H,17,22)(H,18,19,21)/t10-/m1/s1. The van der Waals surface area contributed by atoms with Gasteiger partial charge in [-0.15, -0.1) is 0 Å². The van der Waals surface area contributed by atoms with Crippen molar-refractivity contribution < 1.29 is 14.1 Å². The SMILES string of the molecule is Cc1cc(NC(=O)[C@@H](C)NC(=O)c2cccnc2N(C)C)no1. The second-order valence-electron chi connectivity index (χ2n) is 5.28. The molecule has 0 aliphatic rings. The van der Waals surface area contributed by atoms with Crippen molar-refractivity contribution in [1.29, 1.82) is 0 Å². The maximum absolute atomic E-state index is 12.3. The quantitative estimate of drug-likeness (QED) is 0.859. The summed E-state index contributed by atoms with van der Waals surface area (Å²) in [5, 5.41) is 8.89. The van der Waals surface area contributed by atoms with Crippen LogP contribution in [0.2, 0.25) is 0 Å². The van der Waals surface area contributed by atoms with Crippen LogP contribution in [0.1, 0.15) is 23.0 Å². The zero-order chi connectivity index (χ0) is 17.0. The minimum atomic E-state index is -0.741. The van der Waals surface area contributed by atoms with Crippen molar-refractivity contribution in [3.63, 3.8) is 0 Å². The van der Waals surface area contributed by atoms with Gasteiger partial charge in [0, 0.05) is 26.4 Å². The van der Waals surface area contributed by atoms with E-state index in [9.17, 15) is 9.59 Å². The van der Waals surface area contributed by atoms with Gasteiger partial charge in [0.15, 0.2) is 5.82 Å². The largest absolute Gasteiger partial charge is 0.362 e. The average Bonchev–Trinajstić information content (AvgIpc) is 2.92. The molecule has 8 heteroatoms. The van der Waals surface area contributed by atoms with Gasteiger partial charge in [0.25, 0.3) is 5.91 Å². The number of aryl methyl sites for hydroxylation is 1. The van der Waals surface area contributed by atoms with Gasteiger partial charge in [0.2, 0.25) is 5.91 Å². The van der Waals surface area contributed by atoms with Gasteiger partial charge in [0.05, 0.1) is 5.56 Å².